The van der Waals surface area contributed by atoms with Gasteiger partial charge in [-0.3, -0.25) is 4.79 Å². The molecule has 0 saturated carbocycles. The van der Waals surface area contributed by atoms with Crippen molar-refractivity contribution < 1.29 is 27.8 Å². The lowest BCUT2D eigenvalue weighted by atomic mass is 10.1. The molecule has 2 N–H and O–H groups in total. The average Bonchev–Trinajstić information content (AvgIpc) is 2.61. The summed E-state index contributed by atoms with van der Waals surface area (Å²) in [6, 6.07) is 10.8. The molecule has 0 aliphatic carbocycles. The van der Waals surface area contributed by atoms with Crippen LogP contribution in [0.4, 0.5) is 13.2 Å². The Balaban J connectivity index is 2.04. The predicted molar refractivity (Wildman–Crippen MR) is 95.7 cm³/mol. The lowest BCUT2D eigenvalue weighted by Gasteiger charge is -2.15. The third-order valence-corrected chi connectivity index (χ3v) is 3.99. The molecule has 1 atom stereocenters. The predicted octanol–water partition coefficient (Wildman–Crippen LogP) is 5.23. The summed E-state index contributed by atoms with van der Waals surface area (Å²) < 4.78 is 43.9. The van der Waals surface area contributed by atoms with Crippen molar-refractivity contribution in [3.05, 3.63) is 59.7 Å². The van der Waals surface area contributed by atoms with Gasteiger partial charge in [0.2, 0.25) is 0 Å². The number of carbonyl (C=O) groups is 1. The zero-order chi connectivity index (χ0) is 19.9. The van der Waals surface area contributed by atoms with E-state index >= 15 is 0 Å². The van der Waals surface area contributed by atoms with Crippen molar-refractivity contribution >= 4 is 5.97 Å². The number of nitrogens with one attached hydrogen (secondary N) is 1. The van der Waals surface area contributed by atoms with Crippen molar-refractivity contribution in [2.75, 3.05) is 0 Å². The van der Waals surface area contributed by atoms with Gasteiger partial charge in [-0.1, -0.05) is 38.0 Å². The van der Waals surface area contributed by atoms with E-state index in [0.717, 1.165) is 30.5 Å². The second kappa shape index (κ2) is 9.41. The van der Waals surface area contributed by atoms with E-state index in [1.54, 1.807) is 24.3 Å². The number of hydrogen-bond acceptors (Lipinski definition) is 3. The SMILES string of the molecule is CCCCC(NCc1cccc(Oc2cccc(C(F)(F)F)c2)c1)C(=O)O. The molecule has 2 aromatic rings. The van der Waals surface area contributed by atoms with Crippen LogP contribution in [0.3, 0.4) is 0 Å². The number of hydrogen-bond donors (Lipinski definition) is 2. The van der Waals surface area contributed by atoms with E-state index in [4.69, 9.17) is 4.74 Å². The summed E-state index contributed by atoms with van der Waals surface area (Å²) in [5.74, 6) is -0.435. The van der Waals surface area contributed by atoms with Crippen molar-refractivity contribution in [2.24, 2.45) is 0 Å². The topological polar surface area (TPSA) is 58.6 Å². The fraction of sp³-hybridized carbons (Fsp3) is 0.350. The molecule has 0 saturated heterocycles. The third kappa shape index (κ3) is 6.60. The van der Waals surface area contributed by atoms with Crippen LogP contribution in [0.15, 0.2) is 48.5 Å². The van der Waals surface area contributed by atoms with Crippen molar-refractivity contribution in [1.82, 2.24) is 5.32 Å². The maximum atomic E-state index is 12.8. The monoisotopic (exact) mass is 381 g/mol. The first kappa shape index (κ1) is 20.8. The molecule has 0 bridgehead atoms. The molecular formula is C20H22F3NO3. The fourth-order valence-electron chi connectivity index (χ4n) is 2.55. The molecule has 0 spiro atoms. The molecule has 2 rings (SSSR count). The Kier molecular flexibility index (Phi) is 7.24. The summed E-state index contributed by atoms with van der Waals surface area (Å²) in [6.07, 6.45) is -2.18. The molecule has 0 radical (unpaired) electrons. The minimum absolute atomic E-state index is 0.0845. The summed E-state index contributed by atoms with van der Waals surface area (Å²) in [5.41, 5.74) is 0.000250. The summed E-state index contributed by atoms with van der Waals surface area (Å²) in [5, 5.41) is 12.2. The molecule has 0 aliphatic rings. The Bertz CT molecular complexity index is 762. The molecule has 1 unspecified atom stereocenters. The quantitative estimate of drug-likeness (QED) is 0.624. The van der Waals surface area contributed by atoms with Gasteiger partial charge in [-0.25, -0.2) is 0 Å². The molecule has 27 heavy (non-hydrogen) atoms. The molecule has 0 heterocycles. The second-order valence-corrected chi connectivity index (χ2v) is 6.19. The minimum atomic E-state index is -4.44. The van der Waals surface area contributed by atoms with Crippen LogP contribution in [0.2, 0.25) is 0 Å². The third-order valence-electron chi connectivity index (χ3n) is 3.99. The number of benzene rings is 2. The lowest BCUT2D eigenvalue weighted by molar-refractivity contribution is -0.140. The lowest BCUT2D eigenvalue weighted by Crippen LogP contribution is -2.36. The van der Waals surface area contributed by atoms with Crippen LogP contribution in [0.1, 0.15) is 37.3 Å². The van der Waals surface area contributed by atoms with Crippen LogP contribution < -0.4 is 10.1 Å². The van der Waals surface area contributed by atoms with Crippen LogP contribution in [-0.4, -0.2) is 17.1 Å². The zero-order valence-electron chi connectivity index (χ0n) is 14.9. The molecule has 0 aliphatic heterocycles. The maximum absolute atomic E-state index is 12.8. The van der Waals surface area contributed by atoms with Gasteiger partial charge in [0.15, 0.2) is 0 Å². The Morgan fingerprint density at radius 1 is 1.15 bits per heavy atom. The second-order valence-electron chi connectivity index (χ2n) is 6.19. The van der Waals surface area contributed by atoms with Gasteiger partial charge in [0.25, 0.3) is 0 Å². The van der Waals surface area contributed by atoms with Gasteiger partial charge < -0.3 is 15.2 Å². The Labute approximate surface area is 156 Å². The number of carboxylic acid groups (broad SMARTS) is 1. The van der Waals surface area contributed by atoms with E-state index in [1.165, 1.54) is 12.1 Å². The number of aliphatic carboxylic acids is 1. The molecular weight excluding hydrogens is 359 g/mol. The van der Waals surface area contributed by atoms with Crippen LogP contribution in [0.5, 0.6) is 11.5 Å². The number of halogens is 3. The summed E-state index contributed by atoms with van der Waals surface area (Å²) in [4.78, 5) is 11.3. The highest BCUT2D eigenvalue weighted by atomic mass is 19.4. The maximum Gasteiger partial charge on any atom is 0.416 e. The van der Waals surface area contributed by atoms with E-state index in [1.807, 2.05) is 6.92 Å². The summed E-state index contributed by atoms with van der Waals surface area (Å²) in [6.45, 7) is 2.31. The molecule has 0 aromatic heterocycles. The van der Waals surface area contributed by atoms with Crippen molar-refractivity contribution in [3.8, 4) is 11.5 Å². The first-order valence-electron chi connectivity index (χ1n) is 8.70. The molecule has 0 amide bonds. The highest BCUT2D eigenvalue weighted by Crippen LogP contribution is 2.32. The number of alkyl halides is 3. The van der Waals surface area contributed by atoms with Gasteiger partial charge in [0.05, 0.1) is 5.56 Å². The molecule has 0 fully saturated rings. The smallest absolute Gasteiger partial charge is 0.416 e. The average molecular weight is 381 g/mol. The Morgan fingerprint density at radius 3 is 2.44 bits per heavy atom. The van der Waals surface area contributed by atoms with E-state index < -0.39 is 23.8 Å². The van der Waals surface area contributed by atoms with Gasteiger partial charge in [0, 0.05) is 6.54 Å². The van der Waals surface area contributed by atoms with Gasteiger partial charge in [0.1, 0.15) is 17.5 Å². The van der Waals surface area contributed by atoms with Crippen LogP contribution in [-0.2, 0) is 17.5 Å². The van der Waals surface area contributed by atoms with Gasteiger partial charge >= 0.3 is 12.1 Å². The summed E-state index contributed by atoms with van der Waals surface area (Å²) >= 11 is 0. The minimum Gasteiger partial charge on any atom is -0.480 e. The number of carboxylic acids is 1. The largest absolute Gasteiger partial charge is 0.480 e. The molecule has 2 aromatic carbocycles. The standard InChI is InChI=1S/C20H22F3NO3/c1-2-3-10-18(19(25)26)24-13-14-6-4-8-16(11-14)27-17-9-5-7-15(12-17)20(21,22)23/h4-9,11-12,18,24H,2-3,10,13H2,1H3,(H,25,26). The van der Waals surface area contributed by atoms with Crippen molar-refractivity contribution in [3.63, 3.8) is 0 Å². The Morgan fingerprint density at radius 2 is 1.81 bits per heavy atom. The number of rotatable bonds is 9. The van der Waals surface area contributed by atoms with Gasteiger partial charge in [-0.2, -0.15) is 13.2 Å². The van der Waals surface area contributed by atoms with E-state index in [-0.39, 0.29) is 5.75 Å². The first-order chi connectivity index (χ1) is 12.8. The molecule has 7 heteroatoms. The van der Waals surface area contributed by atoms with Gasteiger partial charge in [-0.05, 0) is 42.3 Å². The molecule has 146 valence electrons. The highest BCUT2D eigenvalue weighted by molar-refractivity contribution is 5.73. The van der Waals surface area contributed by atoms with Crippen molar-refractivity contribution in [1.29, 1.82) is 0 Å². The summed E-state index contributed by atoms with van der Waals surface area (Å²) in [7, 11) is 0. The zero-order valence-corrected chi connectivity index (χ0v) is 14.9. The fourth-order valence-corrected chi connectivity index (χ4v) is 2.55. The molecule has 4 nitrogen and oxygen atoms in total. The van der Waals surface area contributed by atoms with Crippen molar-refractivity contribution in [2.45, 2.75) is 44.9 Å². The van der Waals surface area contributed by atoms with Crippen LogP contribution >= 0.6 is 0 Å². The first-order valence-corrected chi connectivity index (χ1v) is 8.70. The highest BCUT2D eigenvalue weighted by Gasteiger charge is 2.30. The number of ether oxygens (including phenoxy) is 1. The van der Waals surface area contributed by atoms with E-state index in [0.29, 0.717) is 18.7 Å². The van der Waals surface area contributed by atoms with Crippen LogP contribution in [0.25, 0.3) is 0 Å². The van der Waals surface area contributed by atoms with Gasteiger partial charge in [-0.15, -0.1) is 0 Å². The Hall–Kier alpha value is -2.54. The number of unbranched alkanes of at least 4 members (excludes halogenated alkanes) is 1. The van der Waals surface area contributed by atoms with E-state index in [9.17, 15) is 23.1 Å². The van der Waals surface area contributed by atoms with E-state index in [2.05, 4.69) is 5.32 Å². The van der Waals surface area contributed by atoms with Crippen LogP contribution in [0, 0.1) is 0 Å². The normalized spacial score (nSPS) is 12.6.